The predicted octanol–water partition coefficient (Wildman–Crippen LogP) is 4.08. The molecule has 138 valence electrons. The summed E-state index contributed by atoms with van der Waals surface area (Å²) in [6, 6.07) is 15.2. The van der Waals surface area contributed by atoms with Crippen molar-refractivity contribution in [1.29, 1.82) is 0 Å². The van der Waals surface area contributed by atoms with Crippen molar-refractivity contribution in [2.24, 2.45) is 0 Å². The van der Waals surface area contributed by atoms with Crippen LogP contribution < -0.4 is 10.5 Å². The fourth-order valence-corrected chi connectivity index (χ4v) is 3.54. The van der Waals surface area contributed by atoms with Crippen LogP contribution in [0.4, 0.5) is 5.82 Å². The monoisotopic (exact) mass is 381 g/mol. The van der Waals surface area contributed by atoms with Gasteiger partial charge in [-0.2, -0.15) is 0 Å². The Labute approximate surface area is 163 Å². The highest BCUT2D eigenvalue weighted by atomic mass is 35.5. The number of nitrogen functional groups attached to an aromatic ring is 1. The van der Waals surface area contributed by atoms with Crippen LogP contribution in [-0.2, 0) is 13.1 Å². The lowest BCUT2D eigenvalue weighted by molar-refractivity contribution is 0.217. The van der Waals surface area contributed by atoms with Gasteiger partial charge in [-0.15, -0.1) is 0 Å². The average Bonchev–Trinajstić information content (AvgIpc) is 2.86. The summed E-state index contributed by atoms with van der Waals surface area (Å²) < 4.78 is 5.83. The summed E-state index contributed by atoms with van der Waals surface area (Å²) >= 11 is 6.12. The van der Waals surface area contributed by atoms with E-state index in [-0.39, 0.29) is 5.75 Å². The van der Waals surface area contributed by atoms with E-state index in [0.717, 1.165) is 28.8 Å². The summed E-state index contributed by atoms with van der Waals surface area (Å²) in [5.74, 6) is 1.23. The topological polar surface area (TPSA) is 71.6 Å². The maximum atomic E-state index is 10.5. The zero-order valence-corrected chi connectivity index (χ0v) is 15.5. The van der Waals surface area contributed by atoms with E-state index in [9.17, 15) is 5.11 Å². The van der Waals surface area contributed by atoms with E-state index >= 15 is 0 Å². The van der Waals surface area contributed by atoms with Gasteiger partial charge < -0.3 is 15.6 Å². The van der Waals surface area contributed by atoms with Crippen LogP contribution in [0.5, 0.6) is 11.5 Å². The fraction of sp³-hybridized carbons (Fsp3) is 0.190. The van der Waals surface area contributed by atoms with Gasteiger partial charge in [-0.1, -0.05) is 29.8 Å². The number of pyridine rings is 1. The first-order chi connectivity index (χ1) is 13.1. The van der Waals surface area contributed by atoms with Gasteiger partial charge in [-0.05, 0) is 41.5 Å². The molecule has 3 N–H and O–H groups in total. The molecule has 0 bridgehead atoms. The van der Waals surface area contributed by atoms with E-state index < -0.39 is 0 Å². The van der Waals surface area contributed by atoms with Crippen molar-refractivity contribution in [3.05, 3.63) is 70.9 Å². The molecule has 3 aromatic rings. The number of anilines is 1. The van der Waals surface area contributed by atoms with Crippen molar-refractivity contribution in [3.63, 3.8) is 0 Å². The van der Waals surface area contributed by atoms with E-state index in [4.69, 9.17) is 22.1 Å². The molecule has 5 nitrogen and oxygen atoms in total. The minimum Gasteiger partial charge on any atom is -0.504 e. The zero-order chi connectivity index (χ0) is 18.8. The molecule has 0 amide bonds. The lowest BCUT2D eigenvalue weighted by Gasteiger charge is -2.20. The summed E-state index contributed by atoms with van der Waals surface area (Å²) in [6.07, 6.45) is 1.69. The van der Waals surface area contributed by atoms with Crippen LogP contribution in [0, 0.1) is 0 Å². The van der Waals surface area contributed by atoms with Crippen molar-refractivity contribution >= 4 is 17.4 Å². The molecule has 0 fully saturated rings. The molecule has 0 aliphatic carbocycles. The van der Waals surface area contributed by atoms with Gasteiger partial charge in [0.05, 0.1) is 0 Å². The number of rotatable bonds is 3. The van der Waals surface area contributed by atoms with Gasteiger partial charge in [0.15, 0.2) is 11.5 Å². The highest BCUT2D eigenvalue weighted by molar-refractivity contribution is 6.30. The maximum Gasteiger partial charge on any atom is 0.165 e. The molecule has 27 heavy (non-hydrogen) atoms. The molecule has 2 heterocycles. The Morgan fingerprint density at radius 2 is 2.04 bits per heavy atom. The first-order valence-electron chi connectivity index (χ1n) is 8.76. The number of nitrogens with two attached hydrogens (primary N) is 1. The van der Waals surface area contributed by atoms with Crippen molar-refractivity contribution in [1.82, 2.24) is 9.88 Å². The van der Waals surface area contributed by atoms with Gasteiger partial charge in [0, 0.05) is 42.0 Å². The highest BCUT2D eigenvalue weighted by Gasteiger charge is 2.20. The normalized spacial score (nSPS) is 14.3. The van der Waals surface area contributed by atoms with Gasteiger partial charge in [0.1, 0.15) is 12.4 Å². The summed E-state index contributed by atoms with van der Waals surface area (Å²) in [5, 5.41) is 11.2. The van der Waals surface area contributed by atoms with Gasteiger partial charge in [-0.3, -0.25) is 4.90 Å². The third-order valence-corrected chi connectivity index (χ3v) is 4.91. The van der Waals surface area contributed by atoms with Crippen LogP contribution in [0.15, 0.2) is 54.7 Å². The van der Waals surface area contributed by atoms with Gasteiger partial charge in [0.25, 0.3) is 0 Å². The number of halogens is 1. The Morgan fingerprint density at radius 1 is 1.15 bits per heavy atom. The predicted molar refractivity (Wildman–Crippen MR) is 107 cm³/mol. The third-order valence-electron chi connectivity index (χ3n) is 4.67. The molecule has 0 spiro atoms. The van der Waals surface area contributed by atoms with E-state index in [2.05, 4.69) is 9.88 Å². The standard InChI is InChI=1S/C21H20ClN3O2/c22-18-5-1-3-14(10-18)16-9-17-13-25(7-8-27-20(17)19(26)11-16)12-15-4-2-6-24-21(15)23/h1-6,9-11,26H,7-8,12-13H2,(H2,23,24). The second-order valence-corrected chi connectivity index (χ2v) is 7.04. The number of phenols is 1. The largest absolute Gasteiger partial charge is 0.504 e. The summed E-state index contributed by atoms with van der Waals surface area (Å²) in [5.41, 5.74) is 9.76. The minimum atomic E-state index is 0.144. The second-order valence-electron chi connectivity index (χ2n) is 6.60. The Hall–Kier alpha value is -2.76. The van der Waals surface area contributed by atoms with Gasteiger partial charge in [-0.25, -0.2) is 4.98 Å². The first-order valence-corrected chi connectivity index (χ1v) is 9.14. The lowest BCUT2D eigenvalue weighted by Crippen LogP contribution is -2.25. The number of ether oxygens (including phenoxy) is 1. The van der Waals surface area contributed by atoms with Crippen molar-refractivity contribution < 1.29 is 9.84 Å². The zero-order valence-electron chi connectivity index (χ0n) is 14.7. The Bertz CT molecular complexity index is 977. The van der Waals surface area contributed by atoms with Crippen molar-refractivity contribution in [2.75, 3.05) is 18.9 Å². The van der Waals surface area contributed by atoms with E-state index in [1.165, 1.54) is 0 Å². The van der Waals surface area contributed by atoms with E-state index in [1.54, 1.807) is 12.3 Å². The maximum absolute atomic E-state index is 10.5. The summed E-state index contributed by atoms with van der Waals surface area (Å²) in [4.78, 5) is 6.39. The number of phenolic OH excluding ortho intramolecular Hbond substituents is 1. The lowest BCUT2D eigenvalue weighted by atomic mass is 10.0. The number of hydrogen-bond acceptors (Lipinski definition) is 5. The van der Waals surface area contributed by atoms with Crippen LogP contribution in [0.2, 0.25) is 5.02 Å². The Balaban J connectivity index is 1.66. The molecule has 0 saturated heterocycles. The van der Waals surface area contributed by atoms with Crippen LogP contribution in [-0.4, -0.2) is 28.1 Å². The molecule has 0 atom stereocenters. The SMILES string of the molecule is Nc1ncccc1CN1CCOc2c(O)cc(-c3cccc(Cl)c3)cc2C1. The Kier molecular flexibility index (Phi) is 4.88. The first kappa shape index (κ1) is 17.6. The van der Waals surface area contributed by atoms with Gasteiger partial charge in [0.2, 0.25) is 0 Å². The number of aromatic hydroxyl groups is 1. The molecule has 4 rings (SSSR count). The van der Waals surface area contributed by atoms with Crippen molar-refractivity contribution in [3.8, 4) is 22.6 Å². The highest BCUT2D eigenvalue weighted by Crippen LogP contribution is 2.38. The number of nitrogens with zero attached hydrogens (tertiary/aromatic N) is 2. The average molecular weight is 382 g/mol. The fourth-order valence-electron chi connectivity index (χ4n) is 3.35. The molecular formula is C21H20ClN3O2. The summed E-state index contributed by atoms with van der Waals surface area (Å²) in [6.45, 7) is 2.54. The van der Waals surface area contributed by atoms with Crippen LogP contribution >= 0.6 is 11.6 Å². The second kappa shape index (κ2) is 7.47. The van der Waals surface area contributed by atoms with Crippen LogP contribution in [0.25, 0.3) is 11.1 Å². The molecule has 0 unspecified atom stereocenters. The molecular weight excluding hydrogens is 362 g/mol. The van der Waals surface area contributed by atoms with E-state index in [1.807, 2.05) is 42.5 Å². The number of benzene rings is 2. The molecule has 2 aromatic carbocycles. The molecule has 0 saturated carbocycles. The third kappa shape index (κ3) is 3.84. The summed E-state index contributed by atoms with van der Waals surface area (Å²) in [7, 11) is 0. The quantitative estimate of drug-likeness (QED) is 0.715. The van der Waals surface area contributed by atoms with E-state index in [0.29, 0.717) is 36.3 Å². The molecule has 0 radical (unpaired) electrons. The minimum absolute atomic E-state index is 0.144. The van der Waals surface area contributed by atoms with Crippen LogP contribution in [0.3, 0.4) is 0 Å². The number of aromatic nitrogens is 1. The Morgan fingerprint density at radius 3 is 2.85 bits per heavy atom. The number of hydrogen-bond donors (Lipinski definition) is 2. The smallest absolute Gasteiger partial charge is 0.165 e. The van der Waals surface area contributed by atoms with Crippen molar-refractivity contribution in [2.45, 2.75) is 13.1 Å². The molecule has 6 heteroatoms. The number of fused-ring (bicyclic) bond motifs is 1. The molecule has 1 aromatic heterocycles. The van der Waals surface area contributed by atoms with Crippen LogP contribution in [0.1, 0.15) is 11.1 Å². The molecule has 1 aliphatic rings. The van der Waals surface area contributed by atoms with Gasteiger partial charge >= 0.3 is 0 Å². The molecule has 1 aliphatic heterocycles.